The number of carbonyl (C=O) groups is 1. The zero-order valence-corrected chi connectivity index (χ0v) is 13.1. The molecule has 0 saturated carbocycles. The number of ether oxygens (including phenoxy) is 1. The Morgan fingerprint density at radius 3 is 2.52 bits per heavy atom. The van der Waals surface area contributed by atoms with E-state index in [1.165, 1.54) is 12.1 Å². The lowest BCUT2D eigenvalue weighted by atomic mass is 10.2. The second-order valence-corrected chi connectivity index (χ2v) is 6.39. The van der Waals surface area contributed by atoms with Crippen LogP contribution in [0.1, 0.15) is 16.5 Å². The number of thioether (sulfide) groups is 1. The molecule has 1 aliphatic rings. The highest BCUT2D eigenvalue weighted by atomic mass is 32.2. The lowest BCUT2D eigenvalue weighted by Gasteiger charge is -2.12. The summed E-state index contributed by atoms with van der Waals surface area (Å²) < 4.78 is 18.5. The van der Waals surface area contributed by atoms with E-state index in [4.69, 9.17) is 9.84 Å². The summed E-state index contributed by atoms with van der Waals surface area (Å²) in [5, 5.41) is 12.1. The quantitative estimate of drug-likeness (QED) is 0.880. The van der Waals surface area contributed by atoms with Crippen LogP contribution in [-0.4, -0.2) is 22.9 Å². The van der Waals surface area contributed by atoms with Crippen molar-refractivity contribution in [3.05, 3.63) is 65.5 Å². The third-order valence-corrected chi connectivity index (χ3v) is 4.85. The summed E-state index contributed by atoms with van der Waals surface area (Å²) >= 11 is 1.58. The van der Waals surface area contributed by atoms with E-state index < -0.39 is 12.0 Å². The van der Waals surface area contributed by atoms with Gasteiger partial charge in [-0.1, -0.05) is 24.3 Å². The van der Waals surface area contributed by atoms with Crippen LogP contribution >= 0.6 is 11.8 Å². The molecule has 0 unspecified atom stereocenters. The number of benzene rings is 2. The van der Waals surface area contributed by atoms with Crippen molar-refractivity contribution >= 4 is 17.7 Å². The SMILES string of the molecule is O=C(O)[C@H]1CS[C@H](c2ccc(OCc3ccc(F)cc3)cc2)N1. The largest absolute Gasteiger partial charge is 0.489 e. The van der Waals surface area contributed by atoms with Crippen molar-refractivity contribution in [1.82, 2.24) is 5.32 Å². The van der Waals surface area contributed by atoms with E-state index in [1.54, 1.807) is 23.9 Å². The Bertz CT molecular complexity index is 675. The number of carboxylic acid groups (broad SMARTS) is 1. The molecule has 0 radical (unpaired) electrons. The molecule has 2 aromatic rings. The van der Waals surface area contributed by atoms with Gasteiger partial charge in [-0.15, -0.1) is 11.8 Å². The second-order valence-electron chi connectivity index (χ2n) is 5.26. The van der Waals surface area contributed by atoms with E-state index in [9.17, 15) is 9.18 Å². The van der Waals surface area contributed by atoms with Crippen molar-refractivity contribution < 1.29 is 19.0 Å². The van der Waals surface area contributed by atoms with E-state index in [0.717, 1.165) is 16.9 Å². The van der Waals surface area contributed by atoms with Crippen LogP contribution in [0.5, 0.6) is 5.75 Å². The molecule has 1 fully saturated rings. The van der Waals surface area contributed by atoms with Gasteiger partial charge in [0.15, 0.2) is 0 Å². The fourth-order valence-electron chi connectivity index (χ4n) is 2.29. The minimum Gasteiger partial charge on any atom is -0.489 e. The van der Waals surface area contributed by atoms with Gasteiger partial charge in [0.05, 0.1) is 5.37 Å². The third kappa shape index (κ3) is 4.03. The highest BCUT2D eigenvalue weighted by Gasteiger charge is 2.30. The minimum atomic E-state index is -0.820. The van der Waals surface area contributed by atoms with Gasteiger partial charge in [-0.3, -0.25) is 10.1 Å². The Labute approximate surface area is 137 Å². The highest BCUT2D eigenvalue weighted by Crippen LogP contribution is 2.33. The highest BCUT2D eigenvalue weighted by molar-refractivity contribution is 7.99. The van der Waals surface area contributed by atoms with Gasteiger partial charge in [-0.25, -0.2) is 4.39 Å². The number of hydrogen-bond acceptors (Lipinski definition) is 4. The number of nitrogens with one attached hydrogen (secondary N) is 1. The summed E-state index contributed by atoms with van der Waals surface area (Å²) in [4.78, 5) is 11.0. The Morgan fingerprint density at radius 2 is 1.91 bits per heavy atom. The molecule has 120 valence electrons. The molecule has 3 rings (SSSR count). The molecule has 2 N–H and O–H groups in total. The molecule has 2 atom stereocenters. The second kappa shape index (κ2) is 7.02. The number of hydrogen-bond donors (Lipinski definition) is 2. The summed E-state index contributed by atoms with van der Waals surface area (Å²) in [6.07, 6.45) is 0. The van der Waals surface area contributed by atoms with E-state index in [1.807, 2.05) is 24.3 Å². The molecular weight excluding hydrogens is 317 g/mol. The predicted octanol–water partition coefficient (Wildman–Crippen LogP) is 3.19. The zero-order valence-electron chi connectivity index (χ0n) is 12.2. The number of carboxylic acids is 1. The predicted molar refractivity (Wildman–Crippen MR) is 86.9 cm³/mol. The Kier molecular flexibility index (Phi) is 4.83. The van der Waals surface area contributed by atoms with Gasteiger partial charge in [0, 0.05) is 5.75 Å². The monoisotopic (exact) mass is 333 g/mol. The number of aliphatic carboxylic acids is 1. The average Bonchev–Trinajstić information content (AvgIpc) is 3.05. The molecule has 0 amide bonds. The van der Waals surface area contributed by atoms with Gasteiger partial charge in [0.25, 0.3) is 0 Å². The first-order valence-corrected chi connectivity index (χ1v) is 8.24. The molecule has 0 bridgehead atoms. The molecule has 1 saturated heterocycles. The van der Waals surface area contributed by atoms with Crippen molar-refractivity contribution in [3.63, 3.8) is 0 Å². The Morgan fingerprint density at radius 1 is 1.22 bits per heavy atom. The normalized spacial score (nSPS) is 20.4. The summed E-state index contributed by atoms with van der Waals surface area (Å²) in [7, 11) is 0. The fraction of sp³-hybridized carbons (Fsp3) is 0.235. The number of halogens is 1. The first kappa shape index (κ1) is 15.8. The van der Waals surface area contributed by atoms with Crippen molar-refractivity contribution in [2.24, 2.45) is 0 Å². The van der Waals surface area contributed by atoms with Crippen LogP contribution in [-0.2, 0) is 11.4 Å². The minimum absolute atomic E-state index is 0.0118. The van der Waals surface area contributed by atoms with E-state index in [2.05, 4.69) is 5.32 Å². The van der Waals surface area contributed by atoms with Crippen LogP contribution in [0.4, 0.5) is 4.39 Å². The first-order chi connectivity index (χ1) is 11.1. The van der Waals surface area contributed by atoms with Crippen LogP contribution in [0.2, 0.25) is 0 Å². The fourth-order valence-corrected chi connectivity index (χ4v) is 3.53. The van der Waals surface area contributed by atoms with Gasteiger partial charge in [0.2, 0.25) is 0 Å². The lowest BCUT2D eigenvalue weighted by Crippen LogP contribution is -2.33. The molecule has 0 aliphatic carbocycles. The van der Waals surface area contributed by atoms with Crippen molar-refractivity contribution in [2.45, 2.75) is 18.0 Å². The molecule has 1 aliphatic heterocycles. The Balaban J connectivity index is 1.57. The lowest BCUT2D eigenvalue weighted by molar-refractivity contribution is -0.138. The molecular formula is C17H16FNO3S. The maximum absolute atomic E-state index is 12.8. The van der Waals surface area contributed by atoms with E-state index in [-0.39, 0.29) is 11.2 Å². The third-order valence-electron chi connectivity index (χ3n) is 3.58. The van der Waals surface area contributed by atoms with Crippen LogP contribution < -0.4 is 10.1 Å². The molecule has 6 heteroatoms. The van der Waals surface area contributed by atoms with Gasteiger partial charge >= 0.3 is 5.97 Å². The summed E-state index contributed by atoms with van der Waals surface area (Å²) in [5.74, 6) is 0.192. The smallest absolute Gasteiger partial charge is 0.321 e. The maximum Gasteiger partial charge on any atom is 0.321 e. The maximum atomic E-state index is 12.8. The van der Waals surface area contributed by atoms with Crippen molar-refractivity contribution in [2.75, 3.05) is 5.75 Å². The molecule has 23 heavy (non-hydrogen) atoms. The molecule has 0 aromatic heterocycles. The van der Waals surface area contributed by atoms with Crippen LogP contribution in [0.15, 0.2) is 48.5 Å². The summed E-state index contributed by atoms with van der Waals surface area (Å²) in [5.41, 5.74) is 1.92. The average molecular weight is 333 g/mol. The standard InChI is InChI=1S/C17H16FNO3S/c18-13-5-1-11(2-6-13)9-22-14-7-3-12(4-8-14)16-19-15(10-23-16)17(20)21/h1-8,15-16,19H,9-10H2,(H,20,21)/t15-,16-/m1/s1. The molecule has 0 spiro atoms. The van der Waals surface area contributed by atoms with E-state index in [0.29, 0.717) is 12.4 Å². The zero-order chi connectivity index (χ0) is 16.2. The van der Waals surface area contributed by atoms with Gasteiger partial charge in [-0.2, -0.15) is 0 Å². The van der Waals surface area contributed by atoms with Crippen LogP contribution in [0.25, 0.3) is 0 Å². The van der Waals surface area contributed by atoms with Crippen molar-refractivity contribution in [1.29, 1.82) is 0 Å². The van der Waals surface area contributed by atoms with Crippen LogP contribution in [0, 0.1) is 5.82 Å². The van der Waals surface area contributed by atoms with Crippen LogP contribution in [0.3, 0.4) is 0 Å². The van der Waals surface area contributed by atoms with E-state index >= 15 is 0 Å². The first-order valence-electron chi connectivity index (χ1n) is 7.19. The molecule has 2 aromatic carbocycles. The van der Waals surface area contributed by atoms with Gasteiger partial charge in [0.1, 0.15) is 24.2 Å². The Hall–Kier alpha value is -2.05. The number of rotatable bonds is 5. The van der Waals surface area contributed by atoms with Crippen molar-refractivity contribution in [3.8, 4) is 5.75 Å². The topological polar surface area (TPSA) is 58.6 Å². The van der Waals surface area contributed by atoms with Gasteiger partial charge < -0.3 is 9.84 Å². The van der Waals surface area contributed by atoms with Gasteiger partial charge in [-0.05, 0) is 35.4 Å². The molecule has 1 heterocycles. The summed E-state index contributed by atoms with van der Waals surface area (Å²) in [6, 6.07) is 13.3. The molecule has 4 nitrogen and oxygen atoms in total. The summed E-state index contributed by atoms with van der Waals surface area (Å²) in [6.45, 7) is 0.372.